The number of hydrogen-bond donors (Lipinski definition) is 0. The van der Waals surface area contributed by atoms with E-state index in [0.29, 0.717) is 5.56 Å². The molecule has 0 fully saturated rings. The van der Waals surface area contributed by atoms with Gasteiger partial charge in [-0.15, -0.1) is 0 Å². The number of pyridine rings is 1. The van der Waals surface area contributed by atoms with E-state index in [-0.39, 0.29) is 11.3 Å². The third-order valence-corrected chi connectivity index (χ3v) is 1.92. The first-order valence-electron chi connectivity index (χ1n) is 3.49. The van der Waals surface area contributed by atoms with Crippen LogP contribution in [0.2, 0.25) is 5.15 Å². The Morgan fingerprint density at radius 2 is 2.33 bits per heavy atom. The molecule has 1 atom stereocenters. The summed E-state index contributed by atoms with van der Waals surface area (Å²) < 4.78 is 17.8. The van der Waals surface area contributed by atoms with Crippen LogP contribution in [-0.2, 0) is 4.74 Å². The molecule has 0 aliphatic carbocycles. The van der Waals surface area contributed by atoms with Crippen LogP contribution in [0.4, 0.5) is 4.39 Å². The summed E-state index contributed by atoms with van der Waals surface area (Å²) in [7, 11) is 1.55. The Morgan fingerprint density at radius 3 is 2.83 bits per heavy atom. The minimum Gasteiger partial charge on any atom is -0.377 e. The summed E-state index contributed by atoms with van der Waals surface area (Å²) in [6.45, 7) is 1.81. The van der Waals surface area contributed by atoms with Gasteiger partial charge in [-0.05, 0) is 13.0 Å². The summed E-state index contributed by atoms with van der Waals surface area (Å²) in [5, 5.41) is -0.109. The summed E-state index contributed by atoms with van der Waals surface area (Å²) in [6.07, 6.45) is 1.34. The van der Waals surface area contributed by atoms with Crippen molar-refractivity contribution in [3.63, 3.8) is 0 Å². The van der Waals surface area contributed by atoms with Gasteiger partial charge in [-0.1, -0.05) is 11.6 Å². The minimum atomic E-state index is -0.516. The van der Waals surface area contributed by atoms with Gasteiger partial charge < -0.3 is 4.74 Å². The van der Waals surface area contributed by atoms with Crippen LogP contribution < -0.4 is 0 Å². The highest BCUT2D eigenvalue weighted by molar-refractivity contribution is 6.29. The number of hydrogen-bond acceptors (Lipinski definition) is 2. The van der Waals surface area contributed by atoms with Crippen LogP contribution in [0.15, 0.2) is 12.3 Å². The van der Waals surface area contributed by atoms with Gasteiger partial charge in [-0.25, -0.2) is 9.37 Å². The van der Waals surface area contributed by atoms with E-state index in [1.807, 2.05) is 6.92 Å². The second-order valence-corrected chi connectivity index (χ2v) is 2.78. The Kier molecular flexibility index (Phi) is 3.00. The molecule has 0 amide bonds. The summed E-state index contributed by atoms with van der Waals surface area (Å²) in [5.74, 6) is -0.516. The van der Waals surface area contributed by atoms with Crippen molar-refractivity contribution in [2.24, 2.45) is 0 Å². The molecule has 0 aromatic carbocycles. The molecule has 1 heterocycles. The highest BCUT2D eigenvalue weighted by atomic mass is 35.5. The number of methoxy groups -OCH3 is 1. The molecule has 1 unspecified atom stereocenters. The topological polar surface area (TPSA) is 22.1 Å². The largest absolute Gasteiger partial charge is 0.377 e. The molecular formula is C8H9ClFNO. The lowest BCUT2D eigenvalue weighted by molar-refractivity contribution is 0.119. The van der Waals surface area contributed by atoms with E-state index >= 15 is 0 Å². The lowest BCUT2D eigenvalue weighted by Crippen LogP contribution is -1.97. The van der Waals surface area contributed by atoms with E-state index < -0.39 is 5.82 Å². The fraction of sp³-hybridized carbons (Fsp3) is 0.375. The van der Waals surface area contributed by atoms with Crippen LogP contribution in [0.1, 0.15) is 18.6 Å². The molecule has 0 aliphatic heterocycles. The van der Waals surface area contributed by atoms with Crippen molar-refractivity contribution in [3.8, 4) is 0 Å². The van der Waals surface area contributed by atoms with E-state index in [9.17, 15) is 4.39 Å². The number of ether oxygens (including phenoxy) is 1. The van der Waals surface area contributed by atoms with Gasteiger partial charge >= 0.3 is 0 Å². The predicted molar refractivity (Wildman–Crippen MR) is 44.6 cm³/mol. The molecule has 1 aromatic heterocycles. The third-order valence-electron chi connectivity index (χ3n) is 1.64. The zero-order chi connectivity index (χ0) is 9.14. The predicted octanol–water partition coefficient (Wildman–Crippen LogP) is 2.58. The molecular weight excluding hydrogens is 181 g/mol. The average Bonchev–Trinajstić information content (AvgIpc) is 2.08. The van der Waals surface area contributed by atoms with Gasteiger partial charge in [0.2, 0.25) is 0 Å². The molecule has 0 saturated heterocycles. The summed E-state index contributed by atoms with van der Waals surface area (Å²) in [6, 6.07) is 1.32. The van der Waals surface area contributed by atoms with Crippen LogP contribution in [-0.4, -0.2) is 12.1 Å². The standard InChI is InChI=1S/C8H9ClFNO/c1-5(12-2)6-3-7(10)8(9)11-4-6/h3-5H,1-2H3. The molecule has 12 heavy (non-hydrogen) atoms. The molecule has 0 spiro atoms. The van der Waals surface area contributed by atoms with Gasteiger partial charge in [0.15, 0.2) is 11.0 Å². The fourth-order valence-electron chi connectivity index (χ4n) is 0.794. The second-order valence-electron chi connectivity index (χ2n) is 2.42. The van der Waals surface area contributed by atoms with Crippen LogP contribution in [0.3, 0.4) is 0 Å². The van der Waals surface area contributed by atoms with Crippen molar-refractivity contribution in [1.82, 2.24) is 4.98 Å². The van der Waals surface area contributed by atoms with Crippen molar-refractivity contribution < 1.29 is 9.13 Å². The van der Waals surface area contributed by atoms with E-state index in [4.69, 9.17) is 16.3 Å². The van der Waals surface area contributed by atoms with Crippen LogP contribution >= 0.6 is 11.6 Å². The molecule has 1 aromatic rings. The van der Waals surface area contributed by atoms with Crippen molar-refractivity contribution in [3.05, 3.63) is 28.8 Å². The minimum absolute atomic E-state index is 0.109. The van der Waals surface area contributed by atoms with Crippen molar-refractivity contribution >= 4 is 11.6 Å². The SMILES string of the molecule is COC(C)c1cnc(Cl)c(F)c1. The van der Waals surface area contributed by atoms with Gasteiger partial charge in [0.25, 0.3) is 0 Å². The molecule has 0 bridgehead atoms. The van der Waals surface area contributed by atoms with Crippen molar-refractivity contribution in [1.29, 1.82) is 0 Å². The van der Waals surface area contributed by atoms with E-state index in [0.717, 1.165) is 0 Å². The molecule has 66 valence electrons. The summed E-state index contributed by atoms with van der Waals surface area (Å²) >= 11 is 5.40. The zero-order valence-corrected chi connectivity index (χ0v) is 7.60. The monoisotopic (exact) mass is 189 g/mol. The Labute approximate surface area is 75.3 Å². The first kappa shape index (κ1) is 9.42. The molecule has 0 radical (unpaired) electrons. The van der Waals surface area contributed by atoms with Gasteiger partial charge in [-0.2, -0.15) is 0 Å². The lowest BCUT2D eigenvalue weighted by atomic mass is 10.2. The van der Waals surface area contributed by atoms with Crippen molar-refractivity contribution in [2.45, 2.75) is 13.0 Å². The highest BCUT2D eigenvalue weighted by Gasteiger charge is 2.07. The van der Waals surface area contributed by atoms with Gasteiger partial charge in [0, 0.05) is 18.9 Å². The molecule has 4 heteroatoms. The number of rotatable bonds is 2. The highest BCUT2D eigenvalue weighted by Crippen LogP contribution is 2.18. The fourth-order valence-corrected chi connectivity index (χ4v) is 0.898. The van der Waals surface area contributed by atoms with E-state index in [1.54, 1.807) is 7.11 Å². The number of aromatic nitrogens is 1. The van der Waals surface area contributed by atoms with Gasteiger partial charge in [0.05, 0.1) is 6.10 Å². The number of nitrogens with zero attached hydrogens (tertiary/aromatic N) is 1. The molecule has 0 N–H and O–H groups in total. The van der Waals surface area contributed by atoms with E-state index in [2.05, 4.69) is 4.98 Å². The second kappa shape index (κ2) is 3.83. The zero-order valence-electron chi connectivity index (χ0n) is 6.84. The Balaban J connectivity index is 2.96. The quantitative estimate of drug-likeness (QED) is 0.668. The van der Waals surface area contributed by atoms with E-state index in [1.165, 1.54) is 12.3 Å². The smallest absolute Gasteiger partial charge is 0.164 e. The maximum Gasteiger partial charge on any atom is 0.164 e. The van der Waals surface area contributed by atoms with Gasteiger partial charge in [-0.3, -0.25) is 0 Å². The number of halogens is 2. The van der Waals surface area contributed by atoms with Crippen LogP contribution in [0.5, 0.6) is 0 Å². The third kappa shape index (κ3) is 1.93. The maximum absolute atomic E-state index is 12.8. The van der Waals surface area contributed by atoms with Crippen LogP contribution in [0, 0.1) is 5.82 Å². The molecule has 1 rings (SSSR count). The first-order valence-corrected chi connectivity index (χ1v) is 3.86. The maximum atomic E-state index is 12.8. The normalized spacial score (nSPS) is 13.0. The summed E-state index contributed by atoms with van der Waals surface area (Å²) in [5.41, 5.74) is 0.680. The first-order chi connectivity index (χ1) is 5.65. The van der Waals surface area contributed by atoms with Gasteiger partial charge in [0.1, 0.15) is 0 Å². The Morgan fingerprint density at radius 1 is 1.67 bits per heavy atom. The lowest BCUT2D eigenvalue weighted by Gasteiger charge is -2.08. The molecule has 0 aliphatic rings. The Hall–Kier alpha value is -0.670. The Bertz CT molecular complexity index is 280. The molecule has 0 saturated carbocycles. The average molecular weight is 190 g/mol. The summed E-state index contributed by atoms with van der Waals surface area (Å²) in [4.78, 5) is 3.66. The van der Waals surface area contributed by atoms with Crippen LogP contribution in [0.25, 0.3) is 0 Å². The molecule has 2 nitrogen and oxygen atoms in total. The van der Waals surface area contributed by atoms with Crippen molar-refractivity contribution in [2.75, 3.05) is 7.11 Å².